The van der Waals surface area contributed by atoms with Crippen LogP contribution in [0.5, 0.6) is 0 Å². The Balaban J connectivity index is 2.09. The summed E-state index contributed by atoms with van der Waals surface area (Å²) in [5.74, 6) is 3.14. The summed E-state index contributed by atoms with van der Waals surface area (Å²) in [6.45, 7) is 6.98. The van der Waals surface area contributed by atoms with E-state index in [1.165, 1.54) is 19.3 Å². The lowest BCUT2D eigenvalue weighted by Gasteiger charge is -2.00. The quantitative estimate of drug-likeness (QED) is 0.545. The molecule has 1 saturated carbocycles. The van der Waals surface area contributed by atoms with Gasteiger partial charge in [-0.25, -0.2) is 0 Å². The van der Waals surface area contributed by atoms with E-state index in [1.807, 2.05) is 0 Å². The van der Waals surface area contributed by atoms with E-state index in [0.29, 0.717) is 0 Å². The van der Waals surface area contributed by atoms with E-state index in [1.54, 1.807) is 0 Å². The smallest absolute Gasteiger partial charge is 0.0360 e. The monoisotopic (exact) mass is 126 g/mol. The van der Waals surface area contributed by atoms with Gasteiger partial charge in [-0.3, -0.25) is 0 Å². The molecule has 0 aromatic rings. The normalized spacial score (nSPS) is 33.3. The summed E-state index contributed by atoms with van der Waals surface area (Å²) in [4.78, 5) is 0. The fraction of sp³-hybridized carbons (Fsp3) is 1.00. The molecule has 0 saturated heterocycles. The topological polar surface area (TPSA) is 0 Å². The zero-order valence-corrected chi connectivity index (χ0v) is 6.85. The van der Waals surface area contributed by atoms with Crippen molar-refractivity contribution in [3.63, 3.8) is 0 Å². The van der Waals surface area contributed by atoms with Gasteiger partial charge < -0.3 is 0 Å². The average molecular weight is 126 g/mol. The third-order valence-corrected chi connectivity index (χ3v) is 2.49. The molecule has 0 radical (unpaired) electrons. The predicted molar refractivity (Wildman–Crippen MR) is 41.3 cm³/mol. The Morgan fingerprint density at radius 2 is 2.11 bits per heavy atom. The van der Waals surface area contributed by atoms with Crippen molar-refractivity contribution in [3.05, 3.63) is 0 Å². The first kappa shape index (κ1) is 7.11. The van der Waals surface area contributed by atoms with Crippen LogP contribution in [0.1, 0.15) is 40.0 Å². The molecule has 0 heterocycles. The lowest BCUT2D eigenvalue weighted by Crippen LogP contribution is -1.91. The summed E-state index contributed by atoms with van der Waals surface area (Å²) in [5.41, 5.74) is 0. The number of hydrogen-bond acceptors (Lipinski definition) is 0. The number of hydrogen-bond donors (Lipinski definition) is 0. The van der Waals surface area contributed by atoms with E-state index in [-0.39, 0.29) is 0 Å². The molecule has 2 atom stereocenters. The van der Waals surface area contributed by atoms with Gasteiger partial charge in [0.05, 0.1) is 0 Å². The number of rotatable bonds is 3. The van der Waals surface area contributed by atoms with E-state index in [4.69, 9.17) is 0 Å². The molecule has 0 amide bonds. The summed E-state index contributed by atoms with van der Waals surface area (Å²) in [6.07, 6.45) is 4.38. The first-order valence-corrected chi connectivity index (χ1v) is 4.25. The third kappa shape index (κ3) is 1.70. The Morgan fingerprint density at radius 1 is 1.44 bits per heavy atom. The molecule has 0 unspecified atom stereocenters. The van der Waals surface area contributed by atoms with Crippen molar-refractivity contribution in [3.8, 4) is 0 Å². The molecule has 54 valence electrons. The van der Waals surface area contributed by atoms with Crippen molar-refractivity contribution < 1.29 is 0 Å². The minimum absolute atomic E-state index is 0.946. The lowest BCUT2D eigenvalue weighted by molar-refractivity contribution is 0.501. The Kier molecular flexibility index (Phi) is 2.15. The minimum Gasteiger partial charge on any atom is -0.0654 e. The van der Waals surface area contributed by atoms with Crippen molar-refractivity contribution in [1.29, 1.82) is 0 Å². The maximum atomic E-state index is 2.35. The summed E-state index contributed by atoms with van der Waals surface area (Å²) in [7, 11) is 0. The average Bonchev–Trinajstić information content (AvgIpc) is 2.47. The van der Waals surface area contributed by atoms with Gasteiger partial charge in [0, 0.05) is 0 Å². The zero-order chi connectivity index (χ0) is 6.85. The van der Waals surface area contributed by atoms with E-state index in [0.717, 1.165) is 17.8 Å². The molecule has 0 aromatic heterocycles. The largest absolute Gasteiger partial charge is 0.0654 e. The van der Waals surface area contributed by atoms with Gasteiger partial charge in [-0.05, 0) is 24.2 Å². The van der Waals surface area contributed by atoms with Crippen LogP contribution in [0.15, 0.2) is 0 Å². The van der Waals surface area contributed by atoms with Gasteiger partial charge in [0.2, 0.25) is 0 Å². The highest BCUT2D eigenvalue weighted by Crippen LogP contribution is 2.46. The van der Waals surface area contributed by atoms with Gasteiger partial charge in [0.15, 0.2) is 0 Å². The van der Waals surface area contributed by atoms with Crippen LogP contribution in [0.4, 0.5) is 0 Å². The van der Waals surface area contributed by atoms with Crippen molar-refractivity contribution in [1.82, 2.24) is 0 Å². The molecular weight excluding hydrogens is 108 g/mol. The molecule has 0 aliphatic heterocycles. The molecule has 1 fully saturated rings. The van der Waals surface area contributed by atoms with Crippen molar-refractivity contribution in [2.75, 3.05) is 0 Å². The molecule has 0 spiro atoms. The Labute approximate surface area is 58.7 Å². The Bertz CT molecular complexity index is 84.0. The Hall–Kier alpha value is 0. The molecule has 1 rings (SSSR count). The maximum Gasteiger partial charge on any atom is -0.0360 e. The van der Waals surface area contributed by atoms with Gasteiger partial charge in [0.25, 0.3) is 0 Å². The second kappa shape index (κ2) is 2.72. The van der Waals surface area contributed by atoms with Crippen LogP contribution in [-0.2, 0) is 0 Å². The standard InChI is InChI=1S/C9H18/c1-4-5-8-6-9(8)7(2)3/h7-9H,4-6H2,1-3H3/t8-,9-/m0/s1. The van der Waals surface area contributed by atoms with E-state index in [2.05, 4.69) is 20.8 Å². The minimum atomic E-state index is 0.946. The van der Waals surface area contributed by atoms with Crippen molar-refractivity contribution >= 4 is 0 Å². The summed E-state index contributed by atoms with van der Waals surface area (Å²) < 4.78 is 0. The Morgan fingerprint density at radius 3 is 2.44 bits per heavy atom. The molecule has 0 bridgehead atoms. The summed E-state index contributed by atoms with van der Waals surface area (Å²) in [6, 6.07) is 0. The molecule has 0 N–H and O–H groups in total. The van der Waals surface area contributed by atoms with Crippen LogP contribution in [0.3, 0.4) is 0 Å². The summed E-state index contributed by atoms with van der Waals surface area (Å²) in [5, 5.41) is 0. The van der Waals surface area contributed by atoms with Gasteiger partial charge >= 0.3 is 0 Å². The highest BCUT2D eigenvalue weighted by molar-refractivity contribution is 4.87. The summed E-state index contributed by atoms with van der Waals surface area (Å²) >= 11 is 0. The van der Waals surface area contributed by atoms with Crippen molar-refractivity contribution in [2.24, 2.45) is 17.8 Å². The molecule has 0 heteroatoms. The first-order valence-electron chi connectivity index (χ1n) is 4.25. The first-order chi connectivity index (χ1) is 4.25. The van der Waals surface area contributed by atoms with Crippen LogP contribution >= 0.6 is 0 Å². The third-order valence-electron chi connectivity index (χ3n) is 2.49. The molecule has 0 nitrogen and oxygen atoms in total. The van der Waals surface area contributed by atoms with Gasteiger partial charge in [-0.15, -0.1) is 0 Å². The van der Waals surface area contributed by atoms with Crippen LogP contribution < -0.4 is 0 Å². The van der Waals surface area contributed by atoms with E-state index in [9.17, 15) is 0 Å². The SMILES string of the molecule is CCC[C@H]1C[C@H]1C(C)C. The van der Waals surface area contributed by atoms with Crippen LogP contribution in [0.2, 0.25) is 0 Å². The van der Waals surface area contributed by atoms with Crippen LogP contribution in [0, 0.1) is 17.8 Å². The second-order valence-corrected chi connectivity index (χ2v) is 3.69. The van der Waals surface area contributed by atoms with Gasteiger partial charge in [-0.2, -0.15) is 0 Å². The lowest BCUT2D eigenvalue weighted by atomic mass is 10.1. The highest BCUT2D eigenvalue weighted by atomic mass is 14.4. The van der Waals surface area contributed by atoms with E-state index >= 15 is 0 Å². The van der Waals surface area contributed by atoms with Gasteiger partial charge in [-0.1, -0.05) is 33.6 Å². The predicted octanol–water partition coefficient (Wildman–Crippen LogP) is 3.08. The van der Waals surface area contributed by atoms with Crippen LogP contribution in [-0.4, -0.2) is 0 Å². The van der Waals surface area contributed by atoms with E-state index < -0.39 is 0 Å². The molecular formula is C9H18. The molecule has 9 heavy (non-hydrogen) atoms. The molecule has 0 aromatic carbocycles. The zero-order valence-electron chi connectivity index (χ0n) is 6.85. The van der Waals surface area contributed by atoms with Gasteiger partial charge in [0.1, 0.15) is 0 Å². The molecule has 1 aliphatic rings. The van der Waals surface area contributed by atoms with Crippen molar-refractivity contribution in [2.45, 2.75) is 40.0 Å². The molecule has 1 aliphatic carbocycles. The maximum absolute atomic E-state index is 2.35. The fourth-order valence-corrected chi connectivity index (χ4v) is 1.79. The highest BCUT2D eigenvalue weighted by Gasteiger charge is 2.37. The second-order valence-electron chi connectivity index (χ2n) is 3.69. The fourth-order valence-electron chi connectivity index (χ4n) is 1.79. The van der Waals surface area contributed by atoms with Crippen LogP contribution in [0.25, 0.3) is 0 Å².